The molecule has 0 spiro atoms. The van der Waals surface area contributed by atoms with E-state index in [9.17, 15) is 22.8 Å². The van der Waals surface area contributed by atoms with Gasteiger partial charge in [-0.2, -0.15) is 0 Å². The van der Waals surface area contributed by atoms with Gasteiger partial charge in [0.25, 0.3) is 0 Å². The third-order valence-electron chi connectivity index (χ3n) is 3.55. The van der Waals surface area contributed by atoms with Crippen molar-refractivity contribution in [1.82, 2.24) is 10.3 Å². The van der Waals surface area contributed by atoms with E-state index in [1.807, 2.05) is 0 Å². The zero-order valence-electron chi connectivity index (χ0n) is 16.2. The molecule has 1 aromatic carbocycles. The highest BCUT2D eigenvalue weighted by Crippen LogP contribution is 2.17. The van der Waals surface area contributed by atoms with Crippen molar-refractivity contribution in [2.45, 2.75) is 45.3 Å². The minimum atomic E-state index is -1.34. The molecule has 0 fully saturated rings. The number of alkyl carbamates (subject to hydrolysis) is 1. The van der Waals surface area contributed by atoms with Gasteiger partial charge in [-0.1, -0.05) is 6.07 Å². The van der Waals surface area contributed by atoms with E-state index >= 15 is 0 Å². The average molecular weight is 410 g/mol. The maximum absolute atomic E-state index is 14.0. The maximum Gasteiger partial charge on any atom is 0.407 e. The van der Waals surface area contributed by atoms with Crippen LogP contribution in [0.15, 0.2) is 36.5 Å². The van der Waals surface area contributed by atoms with Crippen molar-refractivity contribution in [2.75, 3.05) is 0 Å². The van der Waals surface area contributed by atoms with Crippen LogP contribution in [0, 0.1) is 17.5 Å². The summed E-state index contributed by atoms with van der Waals surface area (Å²) in [5.41, 5.74) is -1.02. The fourth-order valence-corrected chi connectivity index (χ4v) is 2.40. The lowest BCUT2D eigenvalue weighted by atomic mass is 10.0. The second kappa shape index (κ2) is 9.40. The van der Waals surface area contributed by atoms with E-state index in [-0.39, 0.29) is 24.3 Å². The molecular formula is C20H21F3N2O4. The van der Waals surface area contributed by atoms with E-state index in [1.165, 1.54) is 12.3 Å². The molecule has 0 saturated heterocycles. The number of carbonyl (C=O) groups excluding carboxylic acids is 2. The molecule has 9 heteroatoms. The van der Waals surface area contributed by atoms with Crippen molar-refractivity contribution in [1.29, 1.82) is 0 Å². The summed E-state index contributed by atoms with van der Waals surface area (Å²) >= 11 is 0. The maximum atomic E-state index is 14.0. The van der Waals surface area contributed by atoms with Crippen LogP contribution in [0.3, 0.4) is 0 Å². The van der Waals surface area contributed by atoms with E-state index in [4.69, 9.17) is 9.47 Å². The molecule has 0 radical (unpaired) electrons. The highest BCUT2D eigenvalue weighted by atomic mass is 19.2. The zero-order chi connectivity index (χ0) is 21.6. The second-order valence-electron chi connectivity index (χ2n) is 7.25. The van der Waals surface area contributed by atoms with Crippen LogP contribution in [0.4, 0.5) is 18.0 Å². The predicted octanol–water partition coefficient (Wildman–Crippen LogP) is 3.93. The Morgan fingerprint density at radius 2 is 1.79 bits per heavy atom. The van der Waals surface area contributed by atoms with Crippen LogP contribution in [0.1, 0.15) is 32.8 Å². The van der Waals surface area contributed by atoms with Crippen LogP contribution in [0.5, 0.6) is 5.88 Å². The molecule has 0 saturated carbocycles. The first-order chi connectivity index (χ1) is 13.5. The van der Waals surface area contributed by atoms with Gasteiger partial charge in [0, 0.05) is 24.4 Å². The molecular weight excluding hydrogens is 389 g/mol. The number of pyridine rings is 1. The monoisotopic (exact) mass is 410 g/mol. The van der Waals surface area contributed by atoms with E-state index in [1.54, 1.807) is 32.9 Å². The first-order valence-corrected chi connectivity index (χ1v) is 8.78. The molecule has 0 bridgehead atoms. The first-order valence-electron chi connectivity index (χ1n) is 8.78. The molecule has 1 aromatic heterocycles. The topological polar surface area (TPSA) is 77.5 Å². The number of nitrogens with zero attached hydrogens (tertiary/aromatic N) is 1. The normalized spacial score (nSPS) is 12.2. The van der Waals surface area contributed by atoms with E-state index in [0.717, 1.165) is 0 Å². The summed E-state index contributed by atoms with van der Waals surface area (Å²) in [5, 5.41) is 2.43. The molecule has 0 aliphatic rings. The van der Waals surface area contributed by atoms with Crippen molar-refractivity contribution in [3.63, 3.8) is 0 Å². The van der Waals surface area contributed by atoms with Gasteiger partial charge in [-0.3, -0.25) is 4.79 Å². The number of ether oxygens (including phenoxy) is 2. The van der Waals surface area contributed by atoms with Crippen molar-refractivity contribution in [3.8, 4) is 5.88 Å². The van der Waals surface area contributed by atoms with Crippen LogP contribution in [-0.4, -0.2) is 28.7 Å². The lowest BCUT2D eigenvalue weighted by molar-refractivity contribution is -0.135. The minimum Gasteiger partial charge on any atom is -0.444 e. The lowest BCUT2D eigenvalue weighted by Crippen LogP contribution is -2.42. The molecule has 0 aliphatic carbocycles. The third-order valence-corrected chi connectivity index (χ3v) is 3.55. The fourth-order valence-electron chi connectivity index (χ4n) is 2.40. The summed E-state index contributed by atoms with van der Waals surface area (Å²) in [5.74, 6) is -4.29. The zero-order valence-corrected chi connectivity index (χ0v) is 16.2. The number of rotatable bonds is 6. The third kappa shape index (κ3) is 7.44. The summed E-state index contributed by atoms with van der Waals surface area (Å²) in [6.45, 7) is 4.93. The Morgan fingerprint density at radius 3 is 2.41 bits per heavy atom. The van der Waals surface area contributed by atoms with Gasteiger partial charge >= 0.3 is 12.1 Å². The van der Waals surface area contributed by atoms with E-state index in [0.29, 0.717) is 12.1 Å². The van der Waals surface area contributed by atoms with Crippen molar-refractivity contribution < 1.29 is 32.2 Å². The summed E-state index contributed by atoms with van der Waals surface area (Å²) < 4.78 is 50.9. The van der Waals surface area contributed by atoms with Crippen molar-refractivity contribution >= 4 is 12.1 Å². The van der Waals surface area contributed by atoms with Gasteiger partial charge < -0.3 is 14.8 Å². The number of esters is 1. The summed E-state index contributed by atoms with van der Waals surface area (Å²) in [6, 6.07) is 4.79. The molecule has 1 heterocycles. The largest absolute Gasteiger partial charge is 0.444 e. The molecule has 6 nitrogen and oxygen atoms in total. The van der Waals surface area contributed by atoms with Gasteiger partial charge in [-0.15, -0.1) is 0 Å². The SMILES string of the molecule is CC(C)(C)OC(=O)N[C@@H](CC(=O)Oc1ccccn1)Cc1cc(F)c(F)cc1F. The average Bonchev–Trinajstić information content (AvgIpc) is 2.58. The summed E-state index contributed by atoms with van der Waals surface area (Å²) in [7, 11) is 0. The Balaban J connectivity index is 2.15. The fraction of sp³-hybridized carbons (Fsp3) is 0.350. The Labute approximate surface area is 166 Å². The van der Waals surface area contributed by atoms with Gasteiger partial charge in [0.1, 0.15) is 11.4 Å². The smallest absolute Gasteiger partial charge is 0.407 e. The van der Waals surface area contributed by atoms with E-state index < -0.39 is 41.2 Å². The van der Waals surface area contributed by atoms with Crippen LogP contribution in [0.2, 0.25) is 0 Å². The number of carbonyl (C=O) groups is 2. The summed E-state index contributed by atoms with van der Waals surface area (Å²) in [4.78, 5) is 28.1. The van der Waals surface area contributed by atoms with Crippen LogP contribution >= 0.6 is 0 Å². The summed E-state index contributed by atoms with van der Waals surface area (Å²) in [6.07, 6.45) is -0.0973. The van der Waals surface area contributed by atoms with Crippen LogP contribution in [-0.2, 0) is 16.0 Å². The second-order valence-corrected chi connectivity index (χ2v) is 7.25. The number of amides is 1. The molecule has 29 heavy (non-hydrogen) atoms. The number of aromatic nitrogens is 1. The van der Waals surface area contributed by atoms with Gasteiger partial charge in [0.05, 0.1) is 6.42 Å². The molecule has 2 aromatic rings. The van der Waals surface area contributed by atoms with Gasteiger partial charge in [0.2, 0.25) is 5.88 Å². The number of nitrogens with one attached hydrogen (secondary N) is 1. The molecule has 1 N–H and O–H groups in total. The number of hydrogen-bond acceptors (Lipinski definition) is 5. The molecule has 2 rings (SSSR count). The minimum absolute atomic E-state index is 0.0486. The van der Waals surface area contributed by atoms with Crippen LogP contribution in [0.25, 0.3) is 0 Å². The standard InChI is InChI=1S/C20H21F3N2O4/c1-20(2,3)29-19(27)25-13(8-12-9-15(22)16(23)11-14(12)21)10-18(26)28-17-6-4-5-7-24-17/h4-7,9,11,13H,8,10H2,1-3H3,(H,25,27)/t13-/m1/s1. The molecule has 0 aliphatic heterocycles. The molecule has 156 valence electrons. The molecule has 1 amide bonds. The highest BCUT2D eigenvalue weighted by Gasteiger charge is 2.24. The predicted molar refractivity (Wildman–Crippen MR) is 97.7 cm³/mol. The number of benzene rings is 1. The van der Waals surface area contributed by atoms with Crippen molar-refractivity contribution in [2.24, 2.45) is 0 Å². The Morgan fingerprint density at radius 1 is 1.10 bits per heavy atom. The molecule has 0 unspecified atom stereocenters. The van der Waals surface area contributed by atoms with Gasteiger partial charge in [0.15, 0.2) is 11.6 Å². The van der Waals surface area contributed by atoms with Gasteiger partial charge in [-0.25, -0.2) is 22.9 Å². The number of halogens is 3. The van der Waals surface area contributed by atoms with Gasteiger partial charge in [-0.05, 0) is 44.9 Å². The highest BCUT2D eigenvalue weighted by molar-refractivity contribution is 5.74. The lowest BCUT2D eigenvalue weighted by Gasteiger charge is -2.23. The van der Waals surface area contributed by atoms with E-state index in [2.05, 4.69) is 10.3 Å². The van der Waals surface area contributed by atoms with Crippen molar-refractivity contribution in [3.05, 3.63) is 59.5 Å². The quantitative estimate of drug-likeness (QED) is 0.577. The Bertz CT molecular complexity index is 870. The Hall–Kier alpha value is -3.10. The number of hydrogen-bond donors (Lipinski definition) is 1. The van der Waals surface area contributed by atoms with Crippen LogP contribution < -0.4 is 10.1 Å². The first kappa shape index (κ1) is 22.2. The Kier molecular flexibility index (Phi) is 7.19. The molecule has 1 atom stereocenters.